The van der Waals surface area contributed by atoms with E-state index in [1.165, 1.54) is 10.5 Å². The van der Waals surface area contributed by atoms with Gasteiger partial charge in [-0.1, -0.05) is 42.5 Å². The number of nitrogens with zero attached hydrogens (tertiary/aromatic N) is 4. The lowest BCUT2D eigenvalue weighted by molar-refractivity contribution is -0.133. The van der Waals surface area contributed by atoms with E-state index in [4.69, 9.17) is 0 Å². The fourth-order valence-electron chi connectivity index (χ4n) is 4.49. The number of carbonyl (C=O) groups excluding carboxylic acids is 3. The summed E-state index contributed by atoms with van der Waals surface area (Å²) in [6.07, 6.45) is 1.49. The highest BCUT2D eigenvalue weighted by atomic mass is 16.2. The van der Waals surface area contributed by atoms with Gasteiger partial charge in [0, 0.05) is 64.8 Å². The molecule has 2 heterocycles. The molecule has 0 spiro atoms. The molecule has 0 aliphatic carbocycles. The summed E-state index contributed by atoms with van der Waals surface area (Å²) in [6.45, 7) is 5.25. The predicted octanol–water partition coefficient (Wildman–Crippen LogP) is 2.23. The quantitative estimate of drug-likeness (QED) is 0.652. The molecule has 0 bridgehead atoms. The van der Waals surface area contributed by atoms with E-state index < -0.39 is 0 Å². The van der Waals surface area contributed by atoms with Gasteiger partial charge in [-0.25, -0.2) is 0 Å². The molecule has 7 heteroatoms. The smallest absolute Gasteiger partial charge is 0.254 e. The predicted molar refractivity (Wildman–Crippen MR) is 126 cm³/mol. The van der Waals surface area contributed by atoms with E-state index in [9.17, 15) is 14.4 Å². The molecule has 2 aromatic carbocycles. The zero-order valence-electron chi connectivity index (χ0n) is 19.3. The first-order valence-corrected chi connectivity index (χ1v) is 11.7. The Morgan fingerprint density at radius 2 is 1.61 bits per heavy atom. The Morgan fingerprint density at radius 1 is 0.879 bits per heavy atom. The van der Waals surface area contributed by atoms with E-state index in [-0.39, 0.29) is 24.3 Å². The summed E-state index contributed by atoms with van der Waals surface area (Å²) in [5, 5.41) is 0. The minimum Gasteiger partial charge on any atom is -0.339 e. The van der Waals surface area contributed by atoms with Crippen molar-refractivity contribution >= 4 is 17.7 Å². The van der Waals surface area contributed by atoms with Gasteiger partial charge in [0.1, 0.15) is 0 Å². The van der Waals surface area contributed by atoms with E-state index in [1.54, 1.807) is 13.1 Å². The van der Waals surface area contributed by atoms with Gasteiger partial charge in [-0.3, -0.25) is 19.3 Å². The van der Waals surface area contributed by atoms with Crippen LogP contribution in [0.2, 0.25) is 0 Å². The minimum atomic E-state index is -0.180. The van der Waals surface area contributed by atoms with Gasteiger partial charge in [-0.05, 0) is 29.7 Å². The number of rotatable bonds is 7. The third-order valence-corrected chi connectivity index (χ3v) is 6.41. The fraction of sp³-hybridized carbons (Fsp3) is 0.423. The Hall–Kier alpha value is -3.19. The lowest BCUT2D eigenvalue weighted by Crippen LogP contribution is -2.51. The maximum atomic E-state index is 12.9. The summed E-state index contributed by atoms with van der Waals surface area (Å²) in [4.78, 5) is 45.2. The maximum Gasteiger partial charge on any atom is 0.254 e. The van der Waals surface area contributed by atoms with Crippen molar-refractivity contribution in [1.82, 2.24) is 19.6 Å². The second-order valence-electron chi connectivity index (χ2n) is 8.92. The fourth-order valence-corrected chi connectivity index (χ4v) is 4.49. The topological polar surface area (TPSA) is 64.2 Å². The van der Waals surface area contributed by atoms with Crippen molar-refractivity contribution in [2.75, 3.05) is 46.3 Å². The molecule has 2 fully saturated rings. The lowest BCUT2D eigenvalue weighted by Gasteiger charge is -2.35. The number of amides is 3. The van der Waals surface area contributed by atoms with Gasteiger partial charge in [0.25, 0.3) is 5.91 Å². The molecule has 7 nitrogen and oxygen atoms in total. The van der Waals surface area contributed by atoms with Gasteiger partial charge in [-0.15, -0.1) is 0 Å². The SMILES string of the molecule is CN(CC(=O)N1CCN(Cc2ccccc2)CC1)C(=O)c1cccc(CN2CCCC2=O)c1. The van der Waals surface area contributed by atoms with Gasteiger partial charge < -0.3 is 14.7 Å². The van der Waals surface area contributed by atoms with Gasteiger partial charge in [0.2, 0.25) is 11.8 Å². The van der Waals surface area contributed by atoms with Crippen LogP contribution in [0, 0.1) is 0 Å². The number of hydrogen-bond donors (Lipinski definition) is 0. The number of benzene rings is 2. The van der Waals surface area contributed by atoms with Crippen LogP contribution < -0.4 is 0 Å². The van der Waals surface area contributed by atoms with Crippen molar-refractivity contribution in [2.45, 2.75) is 25.9 Å². The van der Waals surface area contributed by atoms with Crippen LogP contribution in [-0.4, -0.2) is 83.6 Å². The van der Waals surface area contributed by atoms with Crippen LogP contribution >= 0.6 is 0 Å². The average Bonchev–Trinajstić information content (AvgIpc) is 3.24. The molecule has 0 atom stereocenters. The molecule has 0 saturated carbocycles. The average molecular weight is 449 g/mol. The number of carbonyl (C=O) groups is 3. The molecule has 2 aliphatic heterocycles. The van der Waals surface area contributed by atoms with E-state index in [0.717, 1.165) is 38.2 Å². The van der Waals surface area contributed by atoms with E-state index in [1.807, 2.05) is 46.2 Å². The van der Waals surface area contributed by atoms with Crippen molar-refractivity contribution < 1.29 is 14.4 Å². The molecular formula is C26H32N4O3. The first-order valence-electron chi connectivity index (χ1n) is 11.7. The van der Waals surface area contributed by atoms with Crippen LogP contribution in [0.5, 0.6) is 0 Å². The first-order chi connectivity index (χ1) is 16.0. The van der Waals surface area contributed by atoms with Crippen LogP contribution in [0.4, 0.5) is 0 Å². The van der Waals surface area contributed by atoms with E-state index in [2.05, 4.69) is 17.0 Å². The Balaban J connectivity index is 1.27. The number of likely N-dealkylation sites (tertiary alicyclic amines) is 1. The maximum absolute atomic E-state index is 12.9. The van der Waals surface area contributed by atoms with Crippen LogP contribution in [-0.2, 0) is 22.7 Å². The molecule has 174 valence electrons. The monoisotopic (exact) mass is 448 g/mol. The molecule has 2 aromatic rings. The molecular weight excluding hydrogens is 416 g/mol. The van der Waals surface area contributed by atoms with Crippen molar-refractivity contribution in [1.29, 1.82) is 0 Å². The summed E-state index contributed by atoms with van der Waals surface area (Å²) in [7, 11) is 1.67. The normalized spacial score (nSPS) is 16.8. The van der Waals surface area contributed by atoms with Gasteiger partial charge in [0.05, 0.1) is 6.54 Å². The van der Waals surface area contributed by atoms with Crippen molar-refractivity contribution in [3.63, 3.8) is 0 Å². The zero-order chi connectivity index (χ0) is 23.2. The largest absolute Gasteiger partial charge is 0.339 e. The third-order valence-electron chi connectivity index (χ3n) is 6.41. The second kappa shape index (κ2) is 10.6. The summed E-state index contributed by atoms with van der Waals surface area (Å²) in [5.74, 6) is -0.0389. The van der Waals surface area contributed by atoms with Crippen molar-refractivity contribution in [3.8, 4) is 0 Å². The van der Waals surface area contributed by atoms with Crippen molar-refractivity contribution in [2.24, 2.45) is 0 Å². The second-order valence-corrected chi connectivity index (χ2v) is 8.92. The summed E-state index contributed by atoms with van der Waals surface area (Å²) in [6, 6.07) is 17.7. The van der Waals surface area contributed by atoms with Gasteiger partial charge in [-0.2, -0.15) is 0 Å². The highest BCUT2D eigenvalue weighted by Gasteiger charge is 2.24. The molecule has 0 aromatic heterocycles. The third kappa shape index (κ3) is 5.99. The van der Waals surface area contributed by atoms with Crippen molar-refractivity contribution in [3.05, 3.63) is 71.3 Å². The molecule has 33 heavy (non-hydrogen) atoms. The Bertz CT molecular complexity index is 986. The highest BCUT2D eigenvalue weighted by Crippen LogP contribution is 2.16. The number of hydrogen-bond acceptors (Lipinski definition) is 4. The molecule has 3 amide bonds. The van der Waals surface area contributed by atoms with Crippen LogP contribution in [0.1, 0.15) is 34.3 Å². The van der Waals surface area contributed by atoms with E-state index in [0.29, 0.717) is 31.6 Å². The van der Waals surface area contributed by atoms with Gasteiger partial charge >= 0.3 is 0 Å². The zero-order valence-corrected chi connectivity index (χ0v) is 19.3. The molecule has 0 unspecified atom stereocenters. The van der Waals surface area contributed by atoms with Gasteiger partial charge in [0.15, 0.2) is 0 Å². The lowest BCUT2D eigenvalue weighted by atomic mass is 10.1. The Labute approximate surface area is 195 Å². The number of piperazine rings is 1. The van der Waals surface area contributed by atoms with Crippen LogP contribution in [0.3, 0.4) is 0 Å². The van der Waals surface area contributed by atoms with Crippen LogP contribution in [0.25, 0.3) is 0 Å². The Kier molecular flexibility index (Phi) is 7.40. The number of likely N-dealkylation sites (N-methyl/N-ethyl adjacent to an activating group) is 1. The first kappa shape index (κ1) is 23.0. The molecule has 0 N–H and O–H groups in total. The molecule has 2 aliphatic rings. The van der Waals surface area contributed by atoms with Crippen LogP contribution in [0.15, 0.2) is 54.6 Å². The molecule has 4 rings (SSSR count). The minimum absolute atomic E-state index is 0.0240. The molecule has 2 saturated heterocycles. The summed E-state index contributed by atoms with van der Waals surface area (Å²) < 4.78 is 0. The summed E-state index contributed by atoms with van der Waals surface area (Å²) in [5.41, 5.74) is 2.76. The standard InChI is InChI=1S/C26H32N4O3/c1-27(26(33)23-10-5-9-22(17-23)19-30-12-6-11-24(30)31)20-25(32)29-15-13-28(14-16-29)18-21-7-3-2-4-8-21/h2-5,7-10,17H,6,11-16,18-20H2,1H3. The van der Waals surface area contributed by atoms with E-state index >= 15 is 0 Å². The highest BCUT2D eigenvalue weighted by molar-refractivity contribution is 5.96. The summed E-state index contributed by atoms with van der Waals surface area (Å²) >= 11 is 0. The Morgan fingerprint density at radius 3 is 2.30 bits per heavy atom. The molecule has 0 radical (unpaired) electrons.